The van der Waals surface area contributed by atoms with Crippen LogP contribution in [0.1, 0.15) is 47.1 Å². The quantitative estimate of drug-likeness (QED) is 0.102. The highest BCUT2D eigenvalue weighted by Crippen LogP contribution is 2.44. The number of hydrogen-bond acceptors (Lipinski definition) is 10. The van der Waals surface area contributed by atoms with Crippen LogP contribution in [0, 0.1) is 0 Å². The number of rotatable bonds is 13. The van der Waals surface area contributed by atoms with Crippen molar-refractivity contribution in [2.75, 3.05) is 12.9 Å². The third-order valence-electron chi connectivity index (χ3n) is 9.15. The predicted octanol–water partition coefficient (Wildman–Crippen LogP) is 5.26. The molecule has 5 atom stereocenters. The van der Waals surface area contributed by atoms with E-state index in [1.165, 1.54) is 20.8 Å². The summed E-state index contributed by atoms with van der Waals surface area (Å²) in [5.74, 6) is -1.38. The van der Waals surface area contributed by atoms with Crippen LogP contribution in [0.4, 0.5) is 0 Å². The monoisotopic (exact) mass is 734 g/mol. The topological polar surface area (TPSA) is 124 Å². The molecule has 10 nitrogen and oxygen atoms in total. The van der Waals surface area contributed by atoms with Crippen molar-refractivity contribution < 1.29 is 45.6 Å². The Hall–Kier alpha value is -3.91. The van der Waals surface area contributed by atoms with Crippen LogP contribution in [0.3, 0.4) is 0 Å². The molecule has 51 heavy (non-hydrogen) atoms. The predicted molar refractivity (Wildman–Crippen MR) is 196 cm³/mol. The summed E-state index contributed by atoms with van der Waals surface area (Å²) in [7, 11) is -7.36. The Morgan fingerprint density at radius 2 is 1.37 bits per heavy atom. The Kier molecular flexibility index (Phi) is 11.5. The zero-order valence-electron chi connectivity index (χ0n) is 30.0. The first-order valence-corrected chi connectivity index (χ1v) is 20.5. The molecule has 1 saturated heterocycles. The molecular formula is C39H46O10SSi. The van der Waals surface area contributed by atoms with Gasteiger partial charge in [-0.3, -0.25) is 13.8 Å². The number of esters is 2. The van der Waals surface area contributed by atoms with E-state index < -0.39 is 65.6 Å². The first-order valence-electron chi connectivity index (χ1n) is 16.8. The SMILES string of the molecule is CC(=O)O[C@H]1O[C@@](CO[Si](c2ccccc2)(c2ccccc2)C(C)(C)C)([C@@H](C)OS(C)(=O)=O)[C@@H](OCc2ccc3ccccc3c2)[C@H]1OC(C)=O. The molecule has 272 valence electrons. The zero-order chi connectivity index (χ0) is 37.0. The van der Waals surface area contributed by atoms with Gasteiger partial charge in [-0.05, 0) is 44.7 Å². The maximum Gasteiger partial charge on any atom is 0.305 e. The summed E-state index contributed by atoms with van der Waals surface area (Å²) in [6, 6.07) is 33.5. The van der Waals surface area contributed by atoms with E-state index in [1.54, 1.807) is 0 Å². The first-order chi connectivity index (χ1) is 24.1. The van der Waals surface area contributed by atoms with Gasteiger partial charge >= 0.3 is 11.9 Å². The van der Waals surface area contributed by atoms with E-state index in [-0.39, 0.29) is 13.2 Å². The molecule has 0 unspecified atom stereocenters. The van der Waals surface area contributed by atoms with Crippen LogP contribution < -0.4 is 10.4 Å². The average Bonchev–Trinajstić information content (AvgIpc) is 3.34. The molecule has 0 aliphatic carbocycles. The van der Waals surface area contributed by atoms with Crippen LogP contribution in [0.25, 0.3) is 10.8 Å². The standard InChI is InChI=1S/C39H46O10SSi/c1-27(49-50(7,42)43)39(26-45-51(38(4,5)6,33-18-10-8-11-19-33)34-20-12-9-13-21-34)36(35(46-28(2)40)37(48-39)47-29(3)41)44-25-30-22-23-31-16-14-15-17-32(31)24-30/h8-24,27,35-37H,25-26H2,1-7H3/t27-,35-,36+,37+,39+/m1/s1. The lowest BCUT2D eigenvalue weighted by atomic mass is 9.90. The van der Waals surface area contributed by atoms with Gasteiger partial charge in [0.05, 0.1) is 19.5 Å². The largest absolute Gasteiger partial charge is 0.453 e. The molecule has 5 rings (SSSR count). The smallest absolute Gasteiger partial charge is 0.305 e. The molecule has 0 N–H and O–H groups in total. The molecule has 1 aliphatic heterocycles. The molecule has 0 bridgehead atoms. The van der Waals surface area contributed by atoms with Gasteiger partial charge in [0.25, 0.3) is 18.4 Å². The van der Waals surface area contributed by atoms with Crippen molar-refractivity contribution in [3.63, 3.8) is 0 Å². The lowest BCUT2D eigenvalue weighted by Gasteiger charge is -2.46. The molecule has 0 spiro atoms. The highest BCUT2D eigenvalue weighted by atomic mass is 32.2. The van der Waals surface area contributed by atoms with Crippen molar-refractivity contribution in [1.29, 1.82) is 0 Å². The summed E-state index contributed by atoms with van der Waals surface area (Å²) >= 11 is 0. The van der Waals surface area contributed by atoms with Crippen molar-refractivity contribution in [2.45, 2.75) is 83.4 Å². The summed E-state index contributed by atoms with van der Waals surface area (Å²) in [6.45, 7) is 10.0. The summed E-state index contributed by atoms with van der Waals surface area (Å²) in [4.78, 5) is 25.0. The summed E-state index contributed by atoms with van der Waals surface area (Å²) in [5, 5.41) is 3.50. The molecule has 0 saturated carbocycles. The summed E-state index contributed by atoms with van der Waals surface area (Å²) in [5.41, 5.74) is -0.988. The molecular weight excluding hydrogens is 689 g/mol. The van der Waals surface area contributed by atoms with Gasteiger partial charge in [0, 0.05) is 13.8 Å². The van der Waals surface area contributed by atoms with Gasteiger partial charge in [-0.15, -0.1) is 0 Å². The van der Waals surface area contributed by atoms with Crippen LogP contribution in [0.5, 0.6) is 0 Å². The summed E-state index contributed by atoms with van der Waals surface area (Å²) in [6.07, 6.45) is -4.34. The zero-order valence-corrected chi connectivity index (χ0v) is 31.8. The van der Waals surface area contributed by atoms with Crippen LogP contribution in [-0.4, -0.2) is 71.7 Å². The Morgan fingerprint density at radius 1 is 0.824 bits per heavy atom. The first kappa shape index (κ1) is 38.3. The lowest BCUT2D eigenvalue weighted by Crippen LogP contribution is -2.69. The van der Waals surface area contributed by atoms with Crippen molar-refractivity contribution in [1.82, 2.24) is 0 Å². The number of fused-ring (bicyclic) bond motifs is 1. The minimum Gasteiger partial charge on any atom is -0.453 e. The molecule has 1 fully saturated rings. The van der Waals surface area contributed by atoms with Gasteiger partial charge in [-0.1, -0.05) is 118 Å². The number of carbonyl (C=O) groups is 2. The fourth-order valence-electron chi connectivity index (χ4n) is 6.97. The molecule has 1 heterocycles. The van der Waals surface area contributed by atoms with Gasteiger partial charge in [0.1, 0.15) is 12.2 Å². The third kappa shape index (κ3) is 8.43. The maximum atomic E-state index is 12.8. The van der Waals surface area contributed by atoms with Crippen molar-refractivity contribution in [2.24, 2.45) is 0 Å². The normalized spacial score (nSPS) is 21.7. The van der Waals surface area contributed by atoms with E-state index in [0.29, 0.717) is 0 Å². The van der Waals surface area contributed by atoms with Crippen LogP contribution in [-0.2, 0) is 53.9 Å². The lowest BCUT2D eigenvalue weighted by molar-refractivity contribution is -0.222. The Balaban J connectivity index is 1.68. The number of ether oxygens (including phenoxy) is 4. The van der Waals surface area contributed by atoms with Crippen LogP contribution in [0.2, 0.25) is 5.04 Å². The molecule has 1 aliphatic rings. The Labute approximate surface area is 301 Å². The van der Waals surface area contributed by atoms with E-state index in [1.807, 2.05) is 103 Å². The van der Waals surface area contributed by atoms with Gasteiger partial charge in [-0.25, -0.2) is 0 Å². The maximum absolute atomic E-state index is 12.8. The molecule has 0 radical (unpaired) electrons. The Morgan fingerprint density at radius 3 is 1.90 bits per heavy atom. The molecule has 12 heteroatoms. The van der Waals surface area contributed by atoms with Gasteiger partial charge in [0.15, 0.2) is 11.7 Å². The molecule has 4 aromatic carbocycles. The van der Waals surface area contributed by atoms with E-state index in [9.17, 15) is 18.0 Å². The second-order valence-electron chi connectivity index (χ2n) is 13.9. The average molecular weight is 735 g/mol. The minimum atomic E-state index is -4.08. The van der Waals surface area contributed by atoms with Crippen molar-refractivity contribution >= 4 is 51.5 Å². The van der Waals surface area contributed by atoms with Gasteiger partial charge in [0.2, 0.25) is 6.29 Å². The van der Waals surface area contributed by atoms with Gasteiger partial charge < -0.3 is 23.4 Å². The highest BCUT2D eigenvalue weighted by molar-refractivity contribution is 7.86. The second kappa shape index (κ2) is 15.4. The number of hydrogen-bond donors (Lipinski definition) is 0. The fraction of sp³-hybridized carbons (Fsp3) is 0.385. The summed E-state index contributed by atoms with van der Waals surface area (Å²) < 4.78 is 63.1. The van der Waals surface area contributed by atoms with Crippen molar-refractivity contribution in [3.8, 4) is 0 Å². The highest BCUT2D eigenvalue weighted by Gasteiger charge is 2.64. The van der Waals surface area contributed by atoms with Crippen LogP contribution >= 0.6 is 0 Å². The second-order valence-corrected chi connectivity index (χ2v) is 19.8. The van der Waals surface area contributed by atoms with E-state index in [0.717, 1.165) is 33.0 Å². The number of benzene rings is 4. The fourth-order valence-corrected chi connectivity index (χ4v) is 12.3. The third-order valence-corrected chi connectivity index (χ3v) is 14.8. The number of carbonyl (C=O) groups excluding carboxylic acids is 2. The van der Waals surface area contributed by atoms with Crippen molar-refractivity contribution in [3.05, 3.63) is 109 Å². The van der Waals surface area contributed by atoms with E-state index >= 15 is 0 Å². The van der Waals surface area contributed by atoms with E-state index in [4.69, 9.17) is 27.6 Å². The van der Waals surface area contributed by atoms with E-state index in [2.05, 4.69) is 20.8 Å². The molecule has 0 amide bonds. The Bertz CT molecular complexity index is 1890. The molecule has 4 aromatic rings. The molecule has 0 aromatic heterocycles. The minimum absolute atomic E-state index is 0.00990. The van der Waals surface area contributed by atoms with Gasteiger partial charge in [-0.2, -0.15) is 8.42 Å². The van der Waals surface area contributed by atoms with Crippen LogP contribution in [0.15, 0.2) is 103 Å².